The quantitative estimate of drug-likeness (QED) is 0.149. The standard InChI is InChI=1S/C24H50O4S.H3N/c1-3-5-7-9-11-13-15-17-19-21-23-27-29(25,26)28-24-22-20-18-16-14-12-10-8-6-4-2;/h3-24H2,1-2H3;1H3. The van der Waals surface area contributed by atoms with Crippen LogP contribution in [0.15, 0.2) is 0 Å². The molecule has 0 rings (SSSR count). The molecule has 0 aromatic carbocycles. The van der Waals surface area contributed by atoms with E-state index in [1.165, 1.54) is 89.9 Å². The molecule has 3 N–H and O–H groups in total. The molecule has 0 unspecified atom stereocenters. The van der Waals surface area contributed by atoms with Crippen LogP contribution < -0.4 is 6.15 Å². The van der Waals surface area contributed by atoms with Crippen LogP contribution in [0.1, 0.15) is 142 Å². The van der Waals surface area contributed by atoms with Gasteiger partial charge in [0, 0.05) is 0 Å². The minimum Gasteiger partial charge on any atom is -0.344 e. The predicted octanol–water partition coefficient (Wildman–Crippen LogP) is 8.27. The minimum absolute atomic E-state index is 0. The van der Waals surface area contributed by atoms with Crippen molar-refractivity contribution in [3.05, 3.63) is 0 Å². The highest BCUT2D eigenvalue weighted by Crippen LogP contribution is 2.12. The van der Waals surface area contributed by atoms with Crippen molar-refractivity contribution in [1.82, 2.24) is 6.15 Å². The Bertz CT molecular complexity index is 383. The highest BCUT2D eigenvalue weighted by Gasteiger charge is 2.11. The molecule has 0 fully saturated rings. The lowest BCUT2D eigenvalue weighted by atomic mass is 10.1. The summed E-state index contributed by atoms with van der Waals surface area (Å²) in [6.45, 7) is 4.98. The van der Waals surface area contributed by atoms with Gasteiger partial charge in [-0.05, 0) is 12.8 Å². The van der Waals surface area contributed by atoms with Gasteiger partial charge >= 0.3 is 10.4 Å². The van der Waals surface area contributed by atoms with Crippen LogP contribution in [-0.2, 0) is 18.8 Å². The second-order valence-electron chi connectivity index (χ2n) is 8.42. The molecule has 0 spiro atoms. The van der Waals surface area contributed by atoms with E-state index in [2.05, 4.69) is 13.8 Å². The van der Waals surface area contributed by atoms with E-state index >= 15 is 0 Å². The van der Waals surface area contributed by atoms with Gasteiger partial charge in [0.1, 0.15) is 0 Å². The molecule has 0 aliphatic rings. The fourth-order valence-corrected chi connectivity index (χ4v) is 4.25. The predicted molar refractivity (Wildman–Crippen MR) is 130 cm³/mol. The zero-order chi connectivity index (χ0) is 21.5. The van der Waals surface area contributed by atoms with E-state index in [1.807, 2.05) is 0 Å². The summed E-state index contributed by atoms with van der Waals surface area (Å²) in [6.07, 6.45) is 24.4. The van der Waals surface area contributed by atoms with Crippen molar-refractivity contribution in [3.63, 3.8) is 0 Å². The summed E-state index contributed by atoms with van der Waals surface area (Å²) in [6, 6.07) is 0. The Labute approximate surface area is 189 Å². The molecular weight excluding hydrogens is 398 g/mol. The van der Waals surface area contributed by atoms with Crippen LogP contribution in [0, 0.1) is 0 Å². The molecule has 6 heteroatoms. The first-order valence-electron chi connectivity index (χ1n) is 12.7. The normalized spacial score (nSPS) is 11.5. The van der Waals surface area contributed by atoms with Crippen molar-refractivity contribution in [2.45, 2.75) is 142 Å². The molecular formula is C24H53NO4S. The third-order valence-electron chi connectivity index (χ3n) is 5.45. The van der Waals surface area contributed by atoms with Gasteiger partial charge in [-0.1, -0.05) is 129 Å². The Morgan fingerprint density at radius 3 is 0.933 bits per heavy atom. The summed E-state index contributed by atoms with van der Waals surface area (Å²) >= 11 is 0. The summed E-state index contributed by atoms with van der Waals surface area (Å²) in [4.78, 5) is 0. The minimum atomic E-state index is -3.80. The highest BCUT2D eigenvalue weighted by atomic mass is 32.3. The maximum absolute atomic E-state index is 11.7. The fraction of sp³-hybridized carbons (Fsp3) is 1.00. The average molecular weight is 452 g/mol. The van der Waals surface area contributed by atoms with Crippen molar-refractivity contribution >= 4 is 10.4 Å². The molecule has 0 saturated heterocycles. The second-order valence-corrected chi connectivity index (χ2v) is 9.70. The van der Waals surface area contributed by atoms with E-state index in [-0.39, 0.29) is 19.4 Å². The van der Waals surface area contributed by atoms with Crippen LogP contribution in [-0.4, -0.2) is 21.6 Å². The van der Waals surface area contributed by atoms with Gasteiger partial charge in [0.2, 0.25) is 0 Å². The van der Waals surface area contributed by atoms with E-state index in [0.717, 1.165) is 38.5 Å². The topological polar surface area (TPSA) is 87.6 Å². The number of rotatable bonds is 24. The Morgan fingerprint density at radius 2 is 0.667 bits per heavy atom. The third-order valence-corrected chi connectivity index (χ3v) is 6.36. The van der Waals surface area contributed by atoms with Crippen molar-refractivity contribution in [2.24, 2.45) is 0 Å². The van der Waals surface area contributed by atoms with Crippen LogP contribution in [0.5, 0.6) is 0 Å². The maximum atomic E-state index is 11.7. The van der Waals surface area contributed by atoms with Crippen LogP contribution in [0.2, 0.25) is 0 Å². The zero-order valence-electron chi connectivity index (χ0n) is 20.3. The molecule has 0 saturated carbocycles. The molecule has 0 aromatic rings. The Morgan fingerprint density at radius 1 is 0.433 bits per heavy atom. The molecule has 0 aromatic heterocycles. The van der Waals surface area contributed by atoms with E-state index in [4.69, 9.17) is 8.37 Å². The van der Waals surface area contributed by atoms with Gasteiger partial charge in [0.25, 0.3) is 0 Å². The van der Waals surface area contributed by atoms with Crippen LogP contribution in [0.25, 0.3) is 0 Å². The molecule has 0 amide bonds. The molecule has 0 bridgehead atoms. The van der Waals surface area contributed by atoms with E-state index in [9.17, 15) is 8.42 Å². The lowest BCUT2D eigenvalue weighted by molar-refractivity contribution is 0.208. The van der Waals surface area contributed by atoms with Crippen LogP contribution in [0.3, 0.4) is 0 Å². The largest absolute Gasteiger partial charge is 0.399 e. The van der Waals surface area contributed by atoms with Gasteiger partial charge in [-0.2, -0.15) is 8.42 Å². The second kappa shape index (κ2) is 25.1. The van der Waals surface area contributed by atoms with E-state index < -0.39 is 10.4 Å². The van der Waals surface area contributed by atoms with Gasteiger partial charge in [0.15, 0.2) is 0 Å². The lowest BCUT2D eigenvalue weighted by Crippen LogP contribution is -2.12. The smallest absolute Gasteiger partial charge is 0.344 e. The molecule has 0 atom stereocenters. The molecule has 5 nitrogen and oxygen atoms in total. The van der Waals surface area contributed by atoms with Gasteiger partial charge in [0.05, 0.1) is 13.2 Å². The van der Waals surface area contributed by atoms with Crippen LogP contribution in [0.4, 0.5) is 0 Å². The molecule has 0 aliphatic carbocycles. The Balaban J connectivity index is 0. The van der Waals surface area contributed by atoms with Crippen molar-refractivity contribution < 1.29 is 16.8 Å². The Kier molecular flexibility index (Phi) is 26.8. The molecule has 30 heavy (non-hydrogen) atoms. The SMILES string of the molecule is CCCCCCCCCCCCOS(=O)(=O)OCCCCCCCCCCCC.N. The zero-order valence-corrected chi connectivity index (χ0v) is 21.1. The van der Waals surface area contributed by atoms with Crippen molar-refractivity contribution in [1.29, 1.82) is 0 Å². The van der Waals surface area contributed by atoms with Gasteiger partial charge in [-0.15, -0.1) is 0 Å². The number of hydrogen-bond acceptors (Lipinski definition) is 5. The fourth-order valence-electron chi connectivity index (χ4n) is 3.53. The molecule has 0 heterocycles. The number of unbranched alkanes of at least 4 members (excludes halogenated alkanes) is 18. The average Bonchev–Trinajstić information content (AvgIpc) is 2.70. The summed E-state index contributed by atoms with van der Waals surface area (Å²) < 4.78 is 33.3. The van der Waals surface area contributed by atoms with Gasteiger partial charge < -0.3 is 6.15 Å². The van der Waals surface area contributed by atoms with Crippen molar-refractivity contribution in [2.75, 3.05) is 13.2 Å². The molecule has 0 radical (unpaired) electrons. The van der Waals surface area contributed by atoms with Crippen LogP contribution >= 0.6 is 0 Å². The summed E-state index contributed by atoms with van der Waals surface area (Å²) in [5.74, 6) is 0. The summed E-state index contributed by atoms with van der Waals surface area (Å²) in [7, 11) is -3.80. The monoisotopic (exact) mass is 451 g/mol. The van der Waals surface area contributed by atoms with Crippen molar-refractivity contribution in [3.8, 4) is 0 Å². The first kappa shape index (κ1) is 32.0. The summed E-state index contributed by atoms with van der Waals surface area (Å²) in [5, 5.41) is 0. The first-order valence-corrected chi connectivity index (χ1v) is 14.0. The van der Waals surface area contributed by atoms with Gasteiger partial charge in [-0.3, -0.25) is 0 Å². The number of hydrogen-bond donors (Lipinski definition) is 1. The molecule has 184 valence electrons. The Hall–Kier alpha value is -0.170. The lowest BCUT2D eigenvalue weighted by Gasteiger charge is -2.06. The van der Waals surface area contributed by atoms with E-state index in [1.54, 1.807) is 0 Å². The first-order chi connectivity index (χ1) is 14.1. The summed E-state index contributed by atoms with van der Waals surface area (Å²) in [5.41, 5.74) is 0. The van der Waals surface area contributed by atoms with Gasteiger partial charge in [-0.25, -0.2) is 8.37 Å². The highest BCUT2D eigenvalue weighted by molar-refractivity contribution is 7.81. The van der Waals surface area contributed by atoms with E-state index in [0.29, 0.717) is 0 Å². The maximum Gasteiger partial charge on any atom is 0.399 e. The third kappa shape index (κ3) is 25.9. The molecule has 0 aliphatic heterocycles.